The topological polar surface area (TPSA) is 69.0 Å². The Kier molecular flexibility index (Phi) is 6.25. The third-order valence-electron chi connectivity index (χ3n) is 3.81. The molecule has 0 aliphatic carbocycles. The summed E-state index contributed by atoms with van der Waals surface area (Å²) in [5, 5.41) is 11.7. The van der Waals surface area contributed by atoms with Crippen LogP contribution in [0.5, 0.6) is 5.75 Å². The summed E-state index contributed by atoms with van der Waals surface area (Å²) in [5.74, 6) is 0.647. The minimum absolute atomic E-state index is 0.0325. The summed E-state index contributed by atoms with van der Waals surface area (Å²) >= 11 is 1.26. The van der Waals surface area contributed by atoms with Crippen molar-refractivity contribution in [1.29, 1.82) is 0 Å². The molecular formula is C19H18F2N4O2S. The van der Waals surface area contributed by atoms with Crippen LogP contribution in [0.3, 0.4) is 0 Å². The molecule has 9 heteroatoms. The van der Waals surface area contributed by atoms with Crippen LogP contribution in [-0.2, 0) is 11.8 Å². The van der Waals surface area contributed by atoms with Crippen molar-refractivity contribution in [2.75, 3.05) is 11.1 Å². The monoisotopic (exact) mass is 404 g/mol. The van der Waals surface area contributed by atoms with Crippen LogP contribution in [0.15, 0.2) is 53.7 Å². The van der Waals surface area contributed by atoms with Gasteiger partial charge in [0.25, 0.3) is 0 Å². The first-order valence-electron chi connectivity index (χ1n) is 8.36. The van der Waals surface area contributed by atoms with Crippen LogP contribution in [0.4, 0.5) is 14.5 Å². The Morgan fingerprint density at radius 2 is 1.96 bits per heavy atom. The summed E-state index contributed by atoms with van der Waals surface area (Å²) in [4.78, 5) is 12.1. The van der Waals surface area contributed by atoms with Gasteiger partial charge in [-0.15, -0.1) is 10.2 Å². The molecule has 0 atom stereocenters. The van der Waals surface area contributed by atoms with E-state index in [-0.39, 0.29) is 17.4 Å². The molecule has 1 heterocycles. The van der Waals surface area contributed by atoms with Crippen LogP contribution in [0, 0.1) is 6.92 Å². The van der Waals surface area contributed by atoms with Crippen molar-refractivity contribution in [3.8, 4) is 17.1 Å². The fraction of sp³-hybridized carbons (Fsp3) is 0.211. The number of alkyl halides is 2. The van der Waals surface area contributed by atoms with E-state index in [4.69, 9.17) is 0 Å². The van der Waals surface area contributed by atoms with Crippen molar-refractivity contribution in [3.05, 3.63) is 54.1 Å². The van der Waals surface area contributed by atoms with E-state index in [9.17, 15) is 13.6 Å². The number of benzene rings is 2. The Labute approximate surface area is 164 Å². The van der Waals surface area contributed by atoms with Crippen molar-refractivity contribution in [3.63, 3.8) is 0 Å². The van der Waals surface area contributed by atoms with Gasteiger partial charge in [0, 0.05) is 18.3 Å². The largest absolute Gasteiger partial charge is 0.435 e. The minimum Gasteiger partial charge on any atom is -0.435 e. The number of hydrogen-bond acceptors (Lipinski definition) is 5. The highest BCUT2D eigenvalue weighted by atomic mass is 32.2. The summed E-state index contributed by atoms with van der Waals surface area (Å²) in [6, 6.07) is 13.7. The zero-order chi connectivity index (χ0) is 20.1. The van der Waals surface area contributed by atoms with Gasteiger partial charge in [0.1, 0.15) is 5.75 Å². The number of aromatic nitrogens is 3. The number of thioether (sulfide) groups is 1. The highest BCUT2D eigenvalue weighted by molar-refractivity contribution is 7.99. The van der Waals surface area contributed by atoms with E-state index in [1.54, 1.807) is 0 Å². The molecule has 0 unspecified atom stereocenters. The van der Waals surface area contributed by atoms with Crippen LogP contribution in [-0.4, -0.2) is 33.0 Å². The second kappa shape index (κ2) is 8.83. The van der Waals surface area contributed by atoms with Crippen molar-refractivity contribution < 1.29 is 18.3 Å². The number of nitrogens with one attached hydrogen (secondary N) is 1. The third-order valence-corrected chi connectivity index (χ3v) is 4.83. The van der Waals surface area contributed by atoms with Crippen LogP contribution in [0.2, 0.25) is 0 Å². The average Bonchev–Trinajstić information content (AvgIpc) is 3.02. The number of ether oxygens (including phenoxy) is 1. The van der Waals surface area contributed by atoms with Gasteiger partial charge in [0.15, 0.2) is 11.0 Å². The van der Waals surface area contributed by atoms with E-state index in [1.807, 2.05) is 42.8 Å². The SMILES string of the molecule is Cc1cccc(-c2nnc(SCC(=O)Nc3ccc(OC(F)F)cc3)n2C)c1. The van der Waals surface area contributed by atoms with Gasteiger partial charge in [-0.2, -0.15) is 8.78 Å². The number of hydrogen-bond donors (Lipinski definition) is 1. The Balaban J connectivity index is 1.58. The molecule has 1 amide bonds. The highest BCUT2D eigenvalue weighted by Crippen LogP contribution is 2.24. The van der Waals surface area contributed by atoms with Gasteiger partial charge in [0.2, 0.25) is 5.91 Å². The van der Waals surface area contributed by atoms with E-state index in [0.717, 1.165) is 17.0 Å². The molecule has 3 rings (SSSR count). The van der Waals surface area contributed by atoms with E-state index < -0.39 is 6.61 Å². The normalized spacial score (nSPS) is 10.9. The predicted octanol–water partition coefficient (Wildman–Crippen LogP) is 4.12. The second-order valence-corrected chi connectivity index (χ2v) is 6.92. The number of nitrogens with zero attached hydrogens (tertiary/aromatic N) is 3. The highest BCUT2D eigenvalue weighted by Gasteiger charge is 2.13. The summed E-state index contributed by atoms with van der Waals surface area (Å²) < 4.78 is 30.4. The van der Waals surface area contributed by atoms with Gasteiger partial charge in [-0.3, -0.25) is 4.79 Å². The first-order chi connectivity index (χ1) is 13.4. The smallest absolute Gasteiger partial charge is 0.387 e. The number of halogens is 2. The lowest BCUT2D eigenvalue weighted by Gasteiger charge is -2.08. The average molecular weight is 404 g/mol. The molecule has 28 heavy (non-hydrogen) atoms. The summed E-state index contributed by atoms with van der Waals surface area (Å²) in [6.45, 7) is -0.876. The summed E-state index contributed by atoms with van der Waals surface area (Å²) in [5.41, 5.74) is 2.57. The molecule has 146 valence electrons. The maximum absolute atomic E-state index is 12.1. The molecular weight excluding hydrogens is 386 g/mol. The Hall–Kier alpha value is -2.94. The van der Waals surface area contributed by atoms with Crippen molar-refractivity contribution in [2.45, 2.75) is 18.7 Å². The molecule has 1 N–H and O–H groups in total. The summed E-state index contributed by atoms with van der Waals surface area (Å²) in [7, 11) is 1.85. The first-order valence-corrected chi connectivity index (χ1v) is 9.35. The van der Waals surface area contributed by atoms with Gasteiger partial charge in [0.05, 0.1) is 5.75 Å². The number of aryl methyl sites for hydroxylation is 1. The zero-order valence-electron chi connectivity index (χ0n) is 15.2. The number of carbonyl (C=O) groups excluding carboxylic acids is 1. The fourth-order valence-electron chi connectivity index (χ4n) is 2.52. The number of amides is 1. The molecule has 6 nitrogen and oxygen atoms in total. The Morgan fingerprint density at radius 3 is 2.64 bits per heavy atom. The number of anilines is 1. The van der Waals surface area contributed by atoms with Crippen LogP contribution in [0.1, 0.15) is 5.56 Å². The lowest BCUT2D eigenvalue weighted by molar-refractivity contribution is -0.113. The number of rotatable bonds is 7. The van der Waals surface area contributed by atoms with Crippen molar-refractivity contribution in [1.82, 2.24) is 14.8 Å². The van der Waals surface area contributed by atoms with Crippen LogP contribution in [0.25, 0.3) is 11.4 Å². The van der Waals surface area contributed by atoms with E-state index in [1.165, 1.54) is 36.0 Å². The molecule has 0 saturated carbocycles. The van der Waals surface area contributed by atoms with E-state index >= 15 is 0 Å². The van der Waals surface area contributed by atoms with Gasteiger partial charge in [-0.1, -0.05) is 35.5 Å². The Morgan fingerprint density at radius 1 is 1.21 bits per heavy atom. The van der Waals surface area contributed by atoms with Crippen molar-refractivity contribution >= 4 is 23.4 Å². The van der Waals surface area contributed by atoms with Gasteiger partial charge < -0.3 is 14.6 Å². The molecule has 0 bridgehead atoms. The molecule has 0 aliphatic rings. The van der Waals surface area contributed by atoms with E-state index in [0.29, 0.717) is 10.8 Å². The van der Waals surface area contributed by atoms with Gasteiger partial charge in [-0.25, -0.2) is 0 Å². The Bertz CT molecular complexity index is 961. The molecule has 1 aromatic heterocycles. The van der Waals surface area contributed by atoms with E-state index in [2.05, 4.69) is 20.3 Å². The van der Waals surface area contributed by atoms with Gasteiger partial charge in [-0.05, 0) is 37.3 Å². The quantitative estimate of drug-likeness (QED) is 0.600. The fourth-order valence-corrected chi connectivity index (χ4v) is 3.23. The molecule has 3 aromatic rings. The standard InChI is InChI=1S/C19H18F2N4O2S/c1-12-4-3-5-13(10-12)17-23-24-19(25(17)2)28-11-16(26)22-14-6-8-15(9-7-14)27-18(20)21/h3-10,18H,11H2,1-2H3,(H,22,26). The maximum Gasteiger partial charge on any atom is 0.387 e. The second-order valence-electron chi connectivity index (χ2n) is 5.97. The number of carbonyl (C=O) groups is 1. The zero-order valence-corrected chi connectivity index (χ0v) is 16.0. The predicted molar refractivity (Wildman–Crippen MR) is 104 cm³/mol. The molecule has 0 saturated heterocycles. The molecule has 0 radical (unpaired) electrons. The van der Waals surface area contributed by atoms with Crippen molar-refractivity contribution in [2.24, 2.45) is 7.05 Å². The minimum atomic E-state index is -2.88. The van der Waals surface area contributed by atoms with Crippen LogP contribution < -0.4 is 10.1 Å². The summed E-state index contributed by atoms with van der Waals surface area (Å²) in [6.07, 6.45) is 0. The van der Waals surface area contributed by atoms with Gasteiger partial charge >= 0.3 is 6.61 Å². The molecule has 0 spiro atoms. The lowest BCUT2D eigenvalue weighted by atomic mass is 10.1. The third kappa shape index (κ3) is 5.07. The maximum atomic E-state index is 12.1. The first kappa shape index (κ1) is 19.8. The molecule has 0 aliphatic heterocycles. The lowest BCUT2D eigenvalue weighted by Crippen LogP contribution is -2.14. The molecule has 2 aromatic carbocycles. The van der Waals surface area contributed by atoms with Crippen LogP contribution >= 0.6 is 11.8 Å². The molecule has 0 fully saturated rings.